The van der Waals surface area contributed by atoms with Gasteiger partial charge in [-0.25, -0.2) is 4.90 Å². The highest BCUT2D eigenvalue weighted by molar-refractivity contribution is 6.36. The fraction of sp³-hybridized carbons (Fsp3) is 0.143. The minimum Gasteiger partial charge on any atom is -0.508 e. The molecule has 1 aliphatic rings. The third-order valence-electron chi connectivity index (χ3n) is 2.84. The Bertz CT molecular complexity index is 537. The Balaban J connectivity index is 2.50. The second-order valence-corrected chi connectivity index (χ2v) is 3.87. The van der Waals surface area contributed by atoms with Crippen molar-refractivity contribution in [3.8, 4) is 5.75 Å². The van der Waals surface area contributed by atoms with E-state index in [0.717, 1.165) is 4.90 Å². The molecular formula is C14H13NO3. The number of carbonyl (C=O) groups is 2. The summed E-state index contributed by atoms with van der Waals surface area (Å²) in [6.07, 6.45) is 3.27. The van der Waals surface area contributed by atoms with Gasteiger partial charge >= 0.3 is 0 Å². The van der Waals surface area contributed by atoms with Crippen molar-refractivity contribution in [2.75, 3.05) is 4.90 Å². The summed E-state index contributed by atoms with van der Waals surface area (Å²) in [4.78, 5) is 25.4. The third kappa shape index (κ3) is 1.72. The van der Waals surface area contributed by atoms with Crippen molar-refractivity contribution in [3.63, 3.8) is 0 Å². The van der Waals surface area contributed by atoms with Crippen LogP contribution >= 0.6 is 0 Å². The molecule has 0 atom stereocenters. The number of carbonyl (C=O) groups excluding carboxylic acids is 2. The first-order valence-corrected chi connectivity index (χ1v) is 5.61. The van der Waals surface area contributed by atoms with Gasteiger partial charge in [0.05, 0.1) is 5.69 Å². The molecule has 92 valence electrons. The van der Waals surface area contributed by atoms with Crippen LogP contribution in [0.5, 0.6) is 5.75 Å². The summed E-state index contributed by atoms with van der Waals surface area (Å²) in [7, 11) is 0. The van der Waals surface area contributed by atoms with Gasteiger partial charge in [0.15, 0.2) is 0 Å². The van der Waals surface area contributed by atoms with E-state index in [-0.39, 0.29) is 17.6 Å². The van der Waals surface area contributed by atoms with Crippen LogP contribution in [0.4, 0.5) is 5.69 Å². The average molecular weight is 243 g/mol. The number of nitrogens with zero attached hydrogens (tertiary/aromatic N) is 1. The molecule has 1 aliphatic heterocycles. The van der Waals surface area contributed by atoms with E-state index in [1.807, 2.05) is 0 Å². The predicted molar refractivity (Wildman–Crippen MR) is 68.1 cm³/mol. The van der Waals surface area contributed by atoms with Crippen LogP contribution in [0.3, 0.4) is 0 Å². The van der Waals surface area contributed by atoms with Crippen LogP contribution in [-0.2, 0) is 9.59 Å². The zero-order valence-corrected chi connectivity index (χ0v) is 10.2. The Morgan fingerprint density at radius 2 is 1.39 bits per heavy atom. The van der Waals surface area contributed by atoms with Crippen LogP contribution in [-0.4, -0.2) is 16.9 Å². The number of rotatable bonds is 1. The lowest BCUT2D eigenvalue weighted by Gasteiger charge is -2.12. The van der Waals surface area contributed by atoms with E-state index >= 15 is 0 Å². The Labute approximate surface area is 105 Å². The van der Waals surface area contributed by atoms with Gasteiger partial charge in [-0.15, -0.1) is 0 Å². The molecule has 0 bridgehead atoms. The first-order chi connectivity index (χ1) is 8.60. The van der Waals surface area contributed by atoms with Crippen molar-refractivity contribution < 1.29 is 14.7 Å². The Morgan fingerprint density at radius 1 is 0.944 bits per heavy atom. The number of hydrogen-bond acceptors (Lipinski definition) is 3. The van der Waals surface area contributed by atoms with E-state index in [2.05, 4.69) is 0 Å². The Morgan fingerprint density at radius 3 is 1.78 bits per heavy atom. The quantitative estimate of drug-likeness (QED) is 0.607. The summed E-state index contributed by atoms with van der Waals surface area (Å²) < 4.78 is 0. The normalized spacial score (nSPS) is 20.2. The van der Waals surface area contributed by atoms with Gasteiger partial charge in [-0.05, 0) is 38.1 Å². The van der Waals surface area contributed by atoms with Crippen LogP contribution in [0, 0.1) is 0 Å². The highest BCUT2D eigenvalue weighted by Crippen LogP contribution is 2.30. The summed E-state index contributed by atoms with van der Waals surface area (Å²) in [6, 6.07) is 5.96. The monoisotopic (exact) mass is 243 g/mol. The number of benzene rings is 1. The van der Waals surface area contributed by atoms with E-state index in [4.69, 9.17) is 0 Å². The highest BCUT2D eigenvalue weighted by Gasteiger charge is 2.38. The molecule has 1 fully saturated rings. The molecule has 1 saturated heterocycles. The second-order valence-electron chi connectivity index (χ2n) is 3.87. The lowest BCUT2D eigenvalue weighted by molar-refractivity contribution is -0.119. The number of hydrogen-bond donors (Lipinski definition) is 1. The molecule has 1 N–H and O–H groups in total. The highest BCUT2D eigenvalue weighted by atomic mass is 16.3. The zero-order valence-electron chi connectivity index (χ0n) is 10.2. The van der Waals surface area contributed by atoms with Crippen molar-refractivity contribution >= 4 is 17.5 Å². The van der Waals surface area contributed by atoms with Gasteiger partial charge in [-0.3, -0.25) is 9.59 Å². The van der Waals surface area contributed by atoms with Crippen LogP contribution in [0.15, 0.2) is 47.6 Å². The SMILES string of the molecule is C/C=C1/C(=O)N(c2ccc(O)cc2)C(=O)/C1=C/C. The smallest absolute Gasteiger partial charge is 0.265 e. The van der Waals surface area contributed by atoms with Gasteiger partial charge in [0.2, 0.25) is 0 Å². The van der Waals surface area contributed by atoms with Crippen LogP contribution in [0.25, 0.3) is 0 Å². The fourth-order valence-electron chi connectivity index (χ4n) is 1.96. The number of phenols is 1. The summed E-state index contributed by atoms with van der Waals surface area (Å²) in [5.41, 5.74) is 1.28. The molecule has 0 radical (unpaired) electrons. The molecule has 4 nitrogen and oxygen atoms in total. The molecule has 2 rings (SSSR count). The number of anilines is 1. The van der Waals surface area contributed by atoms with Crippen molar-refractivity contribution in [2.45, 2.75) is 13.8 Å². The van der Waals surface area contributed by atoms with Gasteiger partial charge in [0.1, 0.15) is 5.75 Å². The van der Waals surface area contributed by atoms with Crippen molar-refractivity contribution in [1.82, 2.24) is 0 Å². The molecule has 18 heavy (non-hydrogen) atoms. The zero-order chi connectivity index (χ0) is 13.3. The molecule has 4 heteroatoms. The number of aromatic hydroxyl groups is 1. The maximum atomic E-state index is 12.1. The maximum absolute atomic E-state index is 12.1. The van der Waals surface area contributed by atoms with E-state index < -0.39 is 0 Å². The number of allylic oxidation sites excluding steroid dienone is 2. The molecular weight excluding hydrogens is 230 g/mol. The maximum Gasteiger partial charge on any atom is 0.265 e. The second kappa shape index (κ2) is 4.49. The first-order valence-electron chi connectivity index (χ1n) is 5.61. The minimum absolute atomic E-state index is 0.0929. The molecule has 1 aromatic rings. The minimum atomic E-state index is -0.332. The number of phenolic OH excluding ortho intramolecular Hbond substituents is 1. The molecule has 0 saturated carbocycles. The number of amides is 2. The number of imide groups is 1. The molecule has 1 aromatic carbocycles. The standard InChI is InChI=1S/C14H13NO3/c1-3-11-12(4-2)14(18)15(13(11)17)9-5-7-10(16)8-6-9/h3-8,16H,1-2H3/b11-3+,12-4+. The van der Waals surface area contributed by atoms with Gasteiger partial charge in [0, 0.05) is 11.1 Å². The lowest BCUT2D eigenvalue weighted by atomic mass is 10.1. The van der Waals surface area contributed by atoms with E-state index in [9.17, 15) is 14.7 Å². The summed E-state index contributed by atoms with van der Waals surface area (Å²) in [5, 5.41) is 9.22. The van der Waals surface area contributed by atoms with E-state index in [0.29, 0.717) is 16.8 Å². The molecule has 0 spiro atoms. The molecule has 2 amide bonds. The van der Waals surface area contributed by atoms with Gasteiger partial charge in [0.25, 0.3) is 11.8 Å². The van der Waals surface area contributed by atoms with Gasteiger partial charge in [-0.1, -0.05) is 12.2 Å². The summed E-state index contributed by atoms with van der Waals surface area (Å²) in [6.45, 7) is 3.45. The van der Waals surface area contributed by atoms with Crippen molar-refractivity contribution in [3.05, 3.63) is 47.6 Å². The van der Waals surface area contributed by atoms with Crippen LogP contribution in [0.1, 0.15) is 13.8 Å². The third-order valence-corrected chi connectivity index (χ3v) is 2.84. The molecule has 0 unspecified atom stereocenters. The topological polar surface area (TPSA) is 57.6 Å². The fourth-order valence-corrected chi connectivity index (χ4v) is 1.96. The summed E-state index contributed by atoms with van der Waals surface area (Å²) in [5.74, 6) is -0.571. The van der Waals surface area contributed by atoms with Gasteiger partial charge in [-0.2, -0.15) is 0 Å². The Hall–Kier alpha value is -2.36. The largest absolute Gasteiger partial charge is 0.508 e. The van der Waals surface area contributed by atoms with E-state index in [1.165, 1.54) is 24.3 Å². The lowest BCUT2D eigenvalue weighted by Crippen LogP contribution is -2.29. The molecule has 0 aliphatic carbocycles. The average Bonchev–Trinajstić information content (AvgIpc) is 2.61. The van der Waals surface area contributed by atoms with Crippen molar-refractivity contribution in [1.29, 1.82) is 0 Å². The van der Waals surface area contributed by atoms with Crippen molar-refractivity contribution in [2.24, 2.45) is 0 Å². The predicted octanol–water partition coefficient (Wildman–Crippen LogP) is 2.16. The van der Waals surface area contributed by atoms with Crippen LogP contribution < -0.4 is 4.90 Å². The van der Waals surface area contributed by atoms with Gasteiger partial charge < -0.3 is 5.11 Å². The Kier molecular flexibility index (Phi) is 3.02. The van der Waals surface area contributed by atoms with E-state index in [1.54, 1.807) is 26.0 Å². The first kappa shape index (κ1) is 12.1. The summed E-state index contributed by atoms with van der Waals surface area (Å²) >= 11 is 0. The van der Waals surface area contributed by atoms with Crippen LogP contribution in [0.2, 0.25) is 0 Å². The molecule has 0 aromatic heterocycles. The molecule has 1 heterocycles.